The fourth-order valence-electron chi connectivity index (χ4n) is 1.50. The second kappa shape index (κ2) is 5.16. The van der Waals surface area contributed by atoms with Crippen LogP contribution in [0.2, 0.25) is 5.02 Å². The van der Waals surface area contributed by atoms with Gasteiger partial charge in [-0.3, -0.25) is 4.79 Å². The number of hydrogen-bond acceptors (Lipinski definition) is 4. The van der Waals surface area contributed by atoms with Crippen LogP contribution in [0.1, 0.15) is 6.42 Å². The van der Waals surface area contributed by atoms with E-state index in [4.69, 9.17) is 11.6 Å². The molecule has 1 unspecified atom stereocenters. The van der Waals surface area contributed by atoms with Crippen molar-refractivity contribution in [2.75, 3.05) is 5.75 Å². The SMILES string of the molecule is O=C1SCCC1NS(=O)(=O)c1ccc(F)c(Cl)c1. The van der Waals surface area contributed by atoms with Crippen LogP contribution in [0.15, 0.2) is 23.1 Å². The van der Waals surface area contributed by atoms with Crippen LogP contribution in [-0.2, 0) is 14.8 Å². The Morgan fingerprint density at radius 1 is 1.44 bits per heavy atom. The van der Waals surface area contributed by atoms with E-state index >= 15 is 0 Å². The van der Waals surface area contributed by atoms with Gasteiger partial charge in [0.25, 0.3) is 0 Å². The molecule has 2 rings (SSSR count). The third kappa shape index (κ3) is 2.85. The molecule has 0 spiro atoms. The maximum absolute atomic E-state index is 12.9. The van der Waals surface area contributed by atoms with Gasteiger partial charge in [0.15, 0.2) is 0 Å². The summed E-state index contributed by atoms with van der Waals surface area (Å²) in [7, 11) is -3.85. The van der Waals surface area contributed by atoms with Crippen LogP contribution in [0, 0.1) is 5.82 Å². The smallest absolute Gasteiger partial charge is 0.241 e. The monoisotopic (exact) mass is 309 g/mol. The van der Waals surface area contributed by atoms with Crippen LogP contribution >= 0.6 is 23.4 Å². The zero-order chi connectivity index (χ0) is 13.3. The van der Waals surface area contributed by atoms with E-state index in [1.807, 2.05) is 0 Å². The number of rotatable bonds is 3. The summed E-state index contributed by atoms with van der Waals surface area (Å²) in [5, 5.41) is -0.475. The predicted molar refractivity (Wildman–Crippen MR) is 67.6 cm³/mol. The van der Waals surface area contributed by atoms with Gasteiger partial charge in [-0.25, -0.2) is 12.8 Å². The van der Waals surface area contributed by atoms with E-state index in [1.54, 1.807) is 0 Å². The summed E-state index contributed by atoms with van der Waals surface area (Å²) in [6.45, 7) is 0. The number of nitrogens with one attached hydrogen (secondary N) is 1. The number of halogens is 2. The van der Waals surface area contributed by atoms with Crippen molar-refractivity contribution in [3.63, 3.8) is 0 Å². The van der Waals surface area contributed by atoms with E-state index in [9.17, 15) is 17.6 Å². The summed E-state index contributed by atoms with van der Waals surface area (Å²) in [6.07, 6.45) is 0.456. The Balaban J connectivity index is 2.25. The van der Waals surface area contributed by atoms with Crippen LogP contribution in [0.25, 0.3) is 0 Å². The minimum Gasteiger partial charge on any atom is -0.285 e. The molecule has 8 heteroatoms. The molecule has 1 aliphatic heterocycles. The number of carbonyl (C=O) groups is 1. The lowest BCUT2D eigenvalue weighted by atomic mass is 10.3. The average molecular weight is 310 g/mol. The quantitative estimate of drug-likeness (QED) is 0.924. The number of carbonyl (C=O) groups excluding carboxylic acids is 1. The summed E-state index contributed by atoms with van der Waals surface area (Å²) in [5.74, 6) is -0.0981. The number of thioether (sulfide) groups is 1. The average Bonchev–Trinajstić information content (AvgIpc) is 2.67. The van der Waals surface area contributed by atoms with E-state index in [2.05, 4.69) is 4.72 Å². The molecule has 0 aromatic heterocycles. The third-order valence-electron chi connectivity index (χ3n) is 2.43. The fourth-order valence-corrected chi connectivity index (χ4v) is 4.01. The van der Waals surface area contributed by atoms with Crippen molar-refractivity contribution in [1.29, 1.82) is 0 Å². The van der Waals surface area contributed by atoms with Crippen molar-refractivity contribution in [1.82, 2.24) is 4.72 Å². The molecule has 0 amide bonds. The molecule has 4 nitrogen and oxygen atoms in total. The van der Waals surface area contributed by atoms with Gasteiger partial charge in [0.2, 0.25) is 15.1 Å². The lowest BCUT2D eigenvalue weighted by Gasteiger charge is -2.11. The molecule has 0 radical (unpaired) electrons. The molecule has 1 heterocycles. The molecule has 98 valence electrons. The maximum Gasteiger partial charge on any atom is 0.241 e. The zero-order valence-electron chi connectivity index (χ0n) is 9.02. The molecule has 0 bridgehead atoms. The van der Waals surface area contributed by atoms with Gasteiger partial charge in [0, 0.05) is 5.75 Å². The second-order valence-corrected chi connectivity index (χ2v) is 6.93. The third-order valence-corrected chi connectivity index (χ3v) is 5.20. The number of sulfonamides is 1. The van der Waals surface area contributed by atoms with Crippen LogP contribution in [0.5, 0.6) is 0 Å². The fraction of sp³-hybridized carbons (Fsp3) is 0.300. The minimum atomic E-state index is -3.85. The Morgan fingerprint density at radius 2 is 2.17 bits per heavy atom. The van der Waals surface area contributed by atoms with Gasteiger partial charge in [0.05, 0.1) is 16.0 Å². The first-order valence-corrected chi connectivity index (χ1v) is 7.89. The van der Waals surface area contributed by atoms with E-state index in [-0.39, 0.29) is 15.0 Å². The van der Waals surface area contributed by atoms with Gasteiger partial charge >= 0.3 is 0 Å². The molecule has 1 fully saturated rings. The first-order valence-electron chi connectivity index (χ1n) is 5.04. The lowest BCUT2D eigenvalue weighted by molar-refractivity contribution is -0.111. The summed E-state index contributed by atoms with van der Waals surface area (Å²) < 4.78 is 39.1. The number of benzene rings is 1. The normalized spacial score (nSPS) is 20.3. The van der Waals surface area contributed by atoms with Gasteiger partial charge in [-0.05, 0) is 24.6 Å². The Bertz CT molecular complexity index is 591. The molecule has 0 aliphatic carbocycles. The van der Waals surface area contributed by atoms with E-state index in [1.165, 1.54) is 0 Å². The largest absolute Gasteiger partial charge is 0.285 e. The summed E-state index contributed by atoms with van der Waals surface area (Å²) in [5.41, 5.74) is 0. The topological polar surface area (TPSA) is 63.2 Å². The Morgan fingerprint density at radius 3 is 2.72 bits per heavy atom. The van der Waals surface area contributed by atoms with E-state index in [0.717, 1.165) is 30.0 Å². The van der Waals surface area contributed by atoms with Gasteiger partial charge in [-0.1, -0.05) is 23.4 Å². The van der Waals surface area contributed by atoms with Gasteiger partial charge in [0.1, 0.15) is 5.82 Å². The highest BCUT2D eigenvalue weighted by atomic mass is 35.5. The lowest BCUT2D eigenvalue weighted by Crippen LogP contribution is -2.37. The molecule has 1 atom stereocenters. The standard InChI is InChI=1S/C10H9ClFNO3S2/c11-7-5-6(1-2-8(7)12)18(15,16)13-9-3-4-17-10(9)14/h1-2,5,9,13H,3-4H2. The van der Waals surface area contributed by atoms with Crippen molar-refractivity contribution in [2.45, 2.75) is 17.4 Å². The molecular weight excluding hydrogens is 301 g/mol. The number of hydrogen-bond donors (Lipinski definition) is 1. The summed E-state index contributed by atoms with van der Waals surface area (Å²) in [4.78, 5) is 11.2. The van der Waals surface area contributed by atoms with E-state index in [0.29, 0.717) is 12.2 Å². The Kier molecular flexibility index (Phi) is 3.96. The first kappa shape index (κ1) is 13.8. The van der Waals surface area contributed by atoms with E-state index < -0.39 is 21.9 Å². The highest BCUT2D eigenvalue weighted by molar-refractivity contribution is 8.14. The van der Waals surface area contributed by atoms with Crippen molar-refractivity contribution in [3.8, 4) is 0 Å². The Labute approximate surface area is 113 Å². The van der Waals surface area contributed by atoms with Crippen LogP contribution in [-0.4, -0.2) is 25.3 Å². The van der Waals surface area contributed by atoms with Gasteiger partial charge in [-0.15, -0.1) is 0 Å². The molecule has 1 aromatic rings. The van der Waals surface area contributed by atoms with Crippen LogP contribution in [0.4, 0.5) is 4.39 Å². The minimum absolute atomic E-state index is 0.154. The predicted octanol–water partition coefficient (Wildman–Crippen LogP) is 1.79. The van der Waals surface area contributed by atoms with Crippen molar-refractivity contribution in [2.24, 2.45) is 0 Å². The molecular formula is C10H9ClFNO3S2. The van der Waals surface area contributed by atoms with Crippen molar-refractivity contribution < 1.29 is 17.6 Å². The van der Waals surface area contributed by atoms with Gasteiger partial charge < -0.3 is 0 Å². The molecule has 1 aliphatic rings. The zero-order valence-corrected chi connectivity index (χ0v) is 11.4. The second-order valence-electron chi connectivity index (χ2n) is 3.71. The van der Waals surface area contributed by atoms with Crippen LogP contribution in [0.3, 0.4) is 0 Å². The highest BCUT2D eigenvalue weighted by Crippen LogP contribution is 2.23. The van der Waals surface area contributed by atoms with Crippen LogP contribution < -0.4 is 4.72 Å². The molecule has 1 saturated heterocycles. The summed E-state index contributed by atoms with van der Waals surface area (Å²) >= 11 is 6.62. The van der Waals surface area contributed by atoms with Crippen molar-refractivity contribution in [3.05, 3.63) is 29.0 Å². The maximum atomic E-state index is 12.9. The molecule has 1 N–H and O–H groups in total. The molecule has 0 saturated carbocycles. The highest BCUT2D eigenvalue weighted by Gasteiger charge is 2.30. The molecule has 1 aromatic carbocycles. The van der Waals surface area contributed by atoms with Crippen molar-refractivity contribution >= 4 is 38.5 Å². The first-order chi connectivity index (χ1) is 8.40. The Hall–Kier alpha value is -0.630. The molecule has 18 heavy (non-hydrogen) atoms. The van der Waals surface area contributed by atoms with Gasteiger partial charge in [-0.2, -0.15) is 4.72 Å². The summed E-state index contributed by atoms with van der Waals surface area (Å²) in [6, 6.07) is 2.38.